The molecule has 0 radical (unpaired) electrons. The van der Waals surface area contributed by atoms with Gasteiger partial charge in [0.15, 0.2) is 0 Å². The Morgan fingerprint density at radius 1 is 1.00 bits per heavy atom. The molecule has 0 spiro atoms. The molecule has 0 bridgehead atoms. The van der Waals surface area contributed by atoms with Gasteiger partial charge in [-0.1, -0.05) is 32.0 Å². The third-order valence-electron chi connectivity index (χ3n) is 3.82. The van der Waals surface area contributed by atoms with Crippen LogP contribution in [-0.2, 0) is 19.3 Å². The first kappa shape index (κ1) is 15.2. The Hall–Kier alpha value is -2.16. The van der Waals surface area contributed by atoms with Gasteiger partial charge in [-0.3, -0.25) is 4.79 Å². The molecule has 0 unspecified atom stereocenters. The number of carbonyl (C=O) groups excluding carboxylic acids is 1. The second-order valence-corrected chi connectivity index (χ2v) is 5.10. The maximum atomic E-state index is 13.0. The number of hydrogen-bond donors (Lipinski definition) is 1. The van der Waals surface area contributed by atoms with Crippen molar-refractivity contribution in [3.63, 3.8) is 0 Å². The molecule has 1 amide bonds. The molecule has 0 atom stereocenters. The Bertz CT molecular complexity index is 647. The molecule has 2 aromatic rings. The first-order valence-electron chi connectivity index (χ1n) is 7.24. The topological polar surface area (TPSA) is 43.1 Å². The molecule has 0 fully saturated rings. The highest BCUT2D eigenvalue weighted by Crippen LogP contribution is 2.24. The van der Waals surface area contributed by atoms with Crippen LogP contribution in [0.3, 0.4) is 0 Å². The zero-order chi connectivity index (χ0) is 15.4. The Labute approximate surface area is 124 Å². The lowest BCUT2D eigenvalue weighted by atomic mass is 9.89. The van der Waals surface area contributed by atoms with Gasteiger partial charge in [-0.2, -0.15) is 0 Å². The Balaban J connectivity index is 2.52. The lowest BCUT2D eigenvalue weighted by Gasteiger charge is -2.16. The van der Waals surface area contributed by atoms with E-state index in [9.17, 15) is 9.18 Å². The van der Waals surface area contributed by atoms with E-state index < -0.39 is 5.91 Å². The second-order valence-electron chi connectivity index (χ2n) is 5.10. The van der Waals surface area contributed by atoms with Crippen molar-refractivity contribution < 1.29 is 9.18 Å². The van der Waals surface area contributed by atoms with Gasteiger partial charge >= 0.3 is 0 Å². The molecule has 0 aromatic heterocycles. The summed E-state index contributed by atoms with van der Waals surface area (Å²) < 4.78 is 13.0. The average Bonchev–Trinajstić information content (AvgIpc) is 2.48. The van der Waals surface area contributed by atoms with Gasteiger partial charge in [0.05, 0.1) is 0 Å². The van der Waals surface area contributed by atoms with Gasteiger partial charge in [0.1, 0.15) is 5.82 Å². The van der Waals surface area contributed by atoms with Crippen LogP contribution >= 0.6 is 0 Å². The van der Waals surface area contributed by atoms with Gasteiger partial charge in [0.25, 0.3) is 0 Å². The van der Waals surface area contributed by atoms with Crippen LogP contribution < -0.4 is 5.73 Å². The highest BCUT2D eigenvalue weighted by Gasteiger charge is 2.15. The van der Waals surface area contributed by atoms with Gasteiger partial charge in [0, 0.05) is 5.56 Å². The van der Waals surface area contributed by atoms with Gasteiger partial charge in [-0.05, 0) is 59.7 Å². The van der Waals surface area contributed by atoms with Gasteiger partial charge in [-0.15, -0.1) is 0 Å². The molecular weight excluding hydrogens is 265 g/mol. The number of rotatable bonds is 5. The van der Waals surface area contributed by atoms with Crippen molar-refractivity contribution in [2.24, 2.45) is 5.73 Å². The minimum absolute atomic E-state index is 0.258. The van der Waals surface area contributed by atoms with Crippen LogP contribution in [0.1, 0.15) is 46.5 Å². The Kier molecular flexibility index (Phi) is 4.73. The van der Waals surface area contributed by atoms with E-state index >= 15 is 0 Å². The SMILES string of the molecule is CCc1ccc(C(N)=O)c(Cc2ccc(F)cc2)c1CC. The standard InChI is InChI=1S/C18H20FNO/c1-3-13-7-10-16(18(20)21)17(15(13)4-2)11-12-5-8-14(19)9-6-12/h5-10H,3-4,11H2,1-2H3,(H2,20,21). The first-order chi connectivity index (χ1) is 10.1. The summed E-state index contributed by atoms with van der Waals surface area (Å²) in [5, 5.41) is 0. The van der Waals surface area contributed by atoms with Gasteiger partial charge < -0.3 is 5.73 Å². The van der Waals surface area contributed by atoms with E-state index in [0.717, 1.165) is 24.0 Å². The number of hydrogen-bond acceptors (Lipinski definition) is 1. The van der Waals surface area contributed by atoms with Crippen molar-refractivity contribution in [2.45, 2.75) is 33.1 Å². The first-order valence-corrected chi connectivity index (χ1v) is 7.24. The van der Waals surface area contributed by atoms with E-state index in [1.165, 1.54) is 23.3 Å². The van der Waals surface area contributed by atoms with Gasteiger partial charge in [-0.25, -0.2) is 4.39 Å². The molecule has 0 aliphatic heterocycles. The van der Waals surface area contributed by atoms with Crippen LogP contribution in [0.25, 0.3) is 0 Å². The monoisotopic (exact) mass is 285 g/mol. The van der Waals surface area contributed by atoms with E-state index in [-0.39, 0.29) is 5.82 Å². The second kappa shape index (κ2) is 6.53. The number of amides is 1. The van der Waals surface area contributed by atoms with E-state index in [2.05, 4.69) is 13.8 Å². The number of carbonyl (C=O) groups is 1. The summed E-state index contributed by atoms with van der Waals surface area (Å²) in [6.45, 7) is 4.17. The van der Waals surface area contributed by atoms with E-state index in [1.807, 2.05) is 6.07 Å². The molecule has 0 heterocycles. The molecule has 2 rings (SSSR count). The molecule has 2 N–H and O–H groups in total. The van der Waals surface area contributed by atoms with E-state index in [1.54, 1.807) is 18.2 Å². The molecule has 0 aliphatic rings. The Morgan fingerprint density at radius 2 is 1.67 bits per heavy atom. The maximum Gasteiger partial charge on any atom is 0.248 e. The molecule has 21 heavy (non-hydrogen) atoms. The van der Waals surface area contributed by atoms with Crippen LogP contribution in [0.15, 0.2) is 36.4 Å². The fraction of sp³-hybridized carbons (Fsp3) is 0.278. The lowest BCUT2D eigenvalue weighted by molar-refractivity contribution is 0.0999. The third kappa shape index (κ3) is 3.30. The smallest absolute Gasteiger partial charge is 0.248 e. The van der Waals surface area contributed by atoms with E-state index in [0.29, 0.717) is 12.0 Å². The lowest BCUT2D eigenvalue weighted by Crippen LogP contribution is -2.16. The fourth-order valence-corrected chi connectivity index (χ4v) is 2.75. The molecule has 0 saturated carbocycles. The summed E-state index contributed by atoms with van der Waals surface area (Å²) >= 11 is 0. The van der Waals surface area contributed by atoms with E-state index in [4.69, 9.17) is 5.73 Å². The maximum absolute atomic E-state index is 13.0. The van der Waals surface area contributed by atoms with Crippen LogP contribution in [0.4, 0.5) is 4.39 Å². The summed E-state index contributed by atoms with van der Waals surface area (Å²) in [7, 11) is 0. The molecule has 2 aromatic carbocycles. The molecule has 2 nitrogen and oxygen atoms in total. The van der Waals surface area contributed by atoms with Crippen molar-refractivity contribution in [3.05, 3.63) is 70.0 Å². The van der Waals surface area contributed by atoms with Crippen molar-refractivity contribution in [2.75, 3.05) is 0 Å². The summed E-state index contributed by atoms with van der Waals surface area (Å²) in [4.78, 5) is 11.7. The zero-order valence-corrected chi connectivity index (χ0v) is 12.4. The van der Waals surface area contributed by atoms with Crippen LogP contribution in [0.2, 0.25) is 0 Å². The summed E-state index contributed by atoms with van der Waals surface area (Å²) in [6, 6.07) is 10.2. The van der Waals surface area contributed by atoms with Crippen LogP contribution in [0, 0.1) is 5.82 Å². The van der Waals surface area contributed by atoms with Crippen molar-refractivity contribution >= 4 is 5.91 Å². The minimum atomic E-state index is -0.413. The molecule has 110 valence electrons. The highest BCUT2D eigenvalue weighted by molar-refractivity contribution is 5.95. The Morgan fingerprint density at radius 3 is 2.19 bits per heavy atom. The number of nitrogens with two attached hydrogens (primary N) is 1. The summed E-state index contributed by atoms with van der Waals surface area (Å²) in [6.07, 6.45) is 2.36. The third-order valence-corrected chi connectivity index (χ3v) is 3.82. The van der Waals surface area contributed by atoms with Crippen molar-refractivity contribution in [3.8, 4) is 0 Å². The molecule has 0 saturated heterocycles. The largest absolute Gasteiger partial charge is 0.366 e. The summed E-state index contributed by atoms with van der Waals surface area (Å²) in [5.41, 5.74) is 10.4. The fourth-order valence-electron chi connectivity index (χ4n) is 2.75. The number of aryl methyl sites for hydroxylation is 1. The normalized spacial score (nSPS) is 10.6. The average molecular weight is 285 g/mol. The predicted molar refractivity (Wildman–Crippen MR) is 82.9 cm³/mol. The van der Waals surface area contributed by atoms with Crippen molar-refractivity contribution in [1.82, 2.24) is 0 Å². The number of halogens is 1. The highest BCUT2D eigenvalue weighted by atomic mass is 19.1. The molecule has 3 heteroatoms. The van der Waals surface area contributed by atoms with Crippen LogP contribution in [-0.4, -0.2) is 5.91 Å². The number of benzene rings is 2. The zero-order valence-electron chi connectivity index (χ0n) is 12.4. The molecular formula is C18H20FNO. The quantitative estimate of drug-likeness (QED) is 0.895. The predicted octanol–water partition coefficient (Wildman–Crippen LogP) is 3.64. The number of primary amides is 1. The van der Waals surface area contributed by atoms with Crippen LogP contribution in [0.5, 0.6) is 0 Å². The minimum Gasteiger partial charge on any atom is -0.366 e. The molecule has 0 aliphatic carbocycles. The van der Waals surface area contributed by atoms with Crippen molar-refractivity contribution in [1.29, 1.82) is 0 Å². The summed E-state index contributed by atoms with van der Waals surface area (Å²) in [5.74, 6) is -0.670. The van der Waals surface area contributed by atoms with Gasteiger partial charge in [0.2, 0.25) is 5.91 Å².